The number of benzene rings is 2. The van der Waals surface area contributed by atoms with Gasteiger partial charge in [-0.3, -0.25) is 18.7 Å². The van der Waals surface area contributed by atoms with Gasteiger partial charge >= 0.3 is 5.69 Å². The molecule has 6 heteroatoms. The van der Waals surface area contributed by atoms with Crippen molar-refractivity contribution in [2.45, 2.75) is 26.9 Å². The van der Waals surface area contributed by atoms with Gasteiger partial charge in [0.25, 0.3) is 5.56 Å². The molecule has 3 aromatic rings. The van der Waals surface area contributed by atoms with Gasteiger partial charge in [0.15, 0.2) is 0 Å². The van der Waals surface area contributed by atoms with E-state index < -0.39 is 17.2 Å². The second-order valence-electron chi connectivity index (χ2n) is 6.50. The first-order valence-electron chi connectivity index (χ1n) is 8.65. The smallest absolute Gasteiger partial charge is 0.324 e. The van der Waals surface area contributed by atoms with Crippen molar-refractivity contribution in [2.24, 2.45) is 0 Å². The number of rotatable bonds is 5. The Kier molecular flexibility index (Phi) is 5.35. The Hall–Kier alpha value is -3.41. The maximum atomic E-state index is 12.7. The zero-order chi connectivity index (χ0) is 19.4. The van der Waals surface area contributed by atoms with Crippen LogP contribution in [0.25, 0.3) is 0 Å². The number of anilines is 1. The highest BCUT2D eigenvalue weighted by atomic mass is 16.2. The summed E-state index contributed by atoms with van der Waals surface area (Å²) in [5, 5.41) is 2.74. The van der Waals surface area contributed by atoms with Crippen LogP contribution in [0.15, 0.2) is 70.4 Å². The maximum absolute atomic E-state index is 12.7. The molecule has 0 aliphatic carbocycles. The van der Waals surface area contributed by atoms with Gasteiger partial charge in [-0.15, -0.1) is 0 Å². The molecule has 0 atom stereocenters. The zero-order valence-electron chi connectivity index (χ0n) is 15.3. The molecular formula is C21H21N3O3. The lowest BCUT2D eigenvalue weighted by atomic mass is 10.1. The van der Waals surface area contributed by atoms with Crippen LogP contribution in [0.4, 0.5) is 5.69 Å². The minimum absolute atomic E-state index is 0.332. The molecule has 27 heavy (non-hydrogen) atoms. The summed E-state index contributed by atoms with van der Waals surface area (Å²) in [6.07, 6.45) is 1.46. The summed E-state index contributed by atoms with van der Waals surface area (Å²) in [5.74, 6) is -0.420. The second kappa shape index (κ2) is 7.86. The molecule has 1 aromatic heterocycles. The molecule has 0 unspecified atom stereocenters. The quantitative estimate of drug-likeness (QED) is 0.756. The van der Waals surface area contributed by atoms with Gasteiger partial charge in [0.05, 0.1) is 6.54 Å². The Labute approximate surface area is 156 Å². The standard InChI is InChI=1S/C21H21N3O3/c1-15-7-9-17(10-8-15)13-23-12-11-20(26)24(21(23)27)14-19(25)22-18-6-4-3-5-16(18)2/h3-12H,13-14H2,1-2H3,(H,22,25). The number of nitrogens with one attached hydrogen (secondary N) is 1. The van der Waals surface area contributed by atoms with E-state index in [1.807, 2.05) is 56.3 Å². The first-order chi connectivity index (χ1) is 12.9. The van der Waals surface area contributed by atoms with Crippen LogP contribution in [0.2, 0.25) is 0 Å². The fourth-order valence-corrected chi connectivity index (χ4v) is 2.76. The van der Waals surface area contributed by atoms with Gasteiger partial charge in [-0.05, 0) is 31.0 Å². The van der Waals surface area contributed by atoms with E-state index in [0.29, 0.717) is 12.2 Å². The highest BCUT2D eigenvalue weighted by Gasteiger charge is 2.11. The highest BCUT2D eigenvalue weighted by Crippen LogP contribution is 2.12. The predicted molar refractivity (Wildman–Crippen MR) is 105 cm³/mol. The van der Waals surface area contributed by atoms with Crippen molar-refractivity contribution >= 4 is 11.6 Å². The van der Waals surface area contributed by atoms with Gasteiger partial charge in [-0.1, -0.05) is 48.0 Å². The fourth-order valence-electron chi connectivity index (χ4n) is 2.76. The van der Waals surface area contributed by atoms with E-state index in [9.17, 15) is 14.4 Å². The molecule has 0 bridgehead atoms. The van der Waals surface area contributed by atoms with E-state index in [4.69, 9.17) is 0 Å². The summed E-state index contributed by atoms with van der Waals surface area (Å²) in [5.41, 5.74) is 2.62. The zero-order valence-corrected chi connectivity index (χ0v) is 15.3. The van der Waals surface area contributed by atoms with Crippen molar-refractivity contribution in [2.75, 3.05) is 5.32 Å². The summed E-state index contributed by atoms with van der Waals surface area (Å²) in [7, 11) is 0. The van der Waals surface area contributed by atoms with Crippen LogP contribution in [-0.4, -0.2) is 15.0 Å². The van der Waals surface area contributed by atoms with Crippen molar-refractivity contribution in [1.82, 2.24) is 9.13 Å². The molecular weight excluding hydrogens is 342 g/mol. The molecule has 0 radical (unpaired) electrons. The summed E-state index contributed by atoms with van der Waals surface area (Å²) < 4.78 is 2.37. The number of aromatic nitrogens is 2. The molecule has 138 valence electrons. The fraction of sp³-hybridized carbons (Fsp3) is 0.190. The number of carbonyl (C=O) groups is 1. The van der Waals surface area contributed by atoms with Crippen LogP contribution in [0, 0.1) is 13.8 Å². The van der Waals surface area contributed by atoms with E-state index in [1.165, 1.54) is 16.8 Å². The van der Waals surface area contributed by atoms with E-state index in [0.717, 1.165) is 21.3 Å². The van der Waals surface area contributed by atoms with Gasteiger partial charge in [0, 0.05) is 18.0 Å². The number of hydrogen-bond donors (Lipinski definition) is 1. The molecule has 6 nitrogen and oxygen atoms in total. The third-order valence-electron chi connectivity index (χ3n) is 4.33. The number of carbonyl (C=O) groups excluding carboxylic acids is 1. The maximum Gasteiger partial charge on any atom is 0.331 e. The first-order valence-corrected chi connectivity index (χ1v) is 8.65. The average molecular weight is 363 g/mol. The Bertz CT molecular complexity index is 1080. The Morgan fingerprint density at radius 3 is 2.37 bits per heavy atom. The Morgan fingerprint density at radius 1 is 0.963 bits per heavy atom. The van der Waals surface area contributed by atoms with Crippen LogP contribution in [0.3, 0.4) is 0 Å². The van der Waals surface area contributed by atoms with E-state index >= 15 is 0 Å². The molecule has 0 saturated heterocycles. The minimum Gasteiger partial charge on any atom is -0.324 e. The SMILES string of the molecule is Cc1ccc(Cn2ccc(=O)n(CC(=O)Nc3ccccc3C)c2=O)cc1. The van der Waals surface area contributed by atoms with Crippen LogP contribution < -0.4 is 16.6 Å². The predicted octanol–water partition coefficient (Wildman–Crippen LogP) is 2.31. The molecule has 1 heterocycles. The molecule has 2 aromatic carbocycles. The van der Waals surface area contributed by atoms with Crippen LogP contribution in [0.5, 0.6) is 0 Å². The van der Waals surface area contributed by atoms with Gasteiger partial charge in [0.1, 0.15) is 6.54 Å². The van der Waals surface area contributed by atoms with Gasteiger partial charge in [0.2, 0.25) is 5.91 Å². The van der Waals surface area contributed by atoms with E-state index in [-0.39, 0.29) is 6.54 Å². The summed E-state index contributed by atoms with van der Waals surface area (Å²) in [6.45, 7) is 3.86. The van der Waals surface area contributed by atoms with Crippen LogP contribution in [-0.2, 0) is 17.9 Å². The first kappa shape index (κ1) is 18.4. The number of aryl methyl sites for hydroxylation is 2. The molecule has 1 amide bonds. The third-order valence-corrected chi connectivity index (χ3v) is 4.33. The average Bonchev–Trinajstić information content (AvgIpc) is 2.65. The lowest BCUT2D eigenvalue weighted by molar-refractivity contribution is -0.116. The van der Waals surface area contributed by atoms with Crippen LogP contribution in [0.1, 0.15) is 16.7 Å². The number of amides is 1. The number of para-hydroxylation sites is 1. The summed E-state index contributed by atoms with van der Waals surface area (Å²) >= 11 is 0. The molecule has 0 saturated carbocycles. The van der Waals surface area contributed by atoms with Crippen molar-refractivity contribution < 1.29 is 4.79 Å². The number of hydrogen-bond acceptors (Lipinski definition) is 3. The van der Waals surface area contributed by atoms with Crippen molar-refractivity contribution in [3.05, 3.63) is 98.3 Å². The molecule has 0 aliphatic heterocycles. The van der Waals surface area contributed by atoms with E-state index in [1.54, 1.807) is 6.07 Å². The van der Waals surface area contributed by atoms with E-state index in [2.05, 4.69) is 5.32 Å². The second-order valence-corrected chi connectivity index (χ2v) is 6.50. The summed E-state index contributed by atoms with van der Waals surface area (Å²) in [6, 6.07) is 16.4. The molecule has 0 aliphatic rings. The lowest BCUT2D eigenvalue weighted by Gasteiger charge is -2.11. The lowest BCUT2D eigenvalue weighted by Crippen LogP contribution is -2.41. The normalized spacial score (nSPS) is 10.6. The monoisotopic (exact) mass is 363 g/mol. The van der Waals surface area contributed by atoms with Gasteiger partial charge in [-0.2, -0.15) is 0 Å². The topological polar surface area (TPSA) is 73.1 Å². The van der Waals surface area contributed by atoms with Crippen LogP contribution >= 0.6 is 0 Å². The van der Waals surface area contributed by atoms with Crippen molar-refractivity contribution in [3.63, 3.8) is 0 Å². The number of nitrogens with zero attached hydrogens (tertiary/aromatic N) is 2. The third kappa shape index (κ3) is 4.41. The minimum atomic E-state index is -0.511. The van der Waals surface area contributed by atoms with Crippen molar-refractivity contribution in [1.29, 1.82) is 0 Å². The highest BCUT2D eigenvalue weighted by molar-refractivity contribution is 5.91. The molecule has 3 rings (SSSR count). The molecule has 1 N–H and O–H groups in total. The van der Waals surface area contributed by atoms with Gasteiger partial charge < -0.3 is 5.32 Å². The van der Waals surface area contributed by atoms with Crippen molar-refractivity contribution in [3.8, 4) is 0 Å². The Balaban J connectivity index is 1.82. The largest absolute Gasteiger partial charge is 0.331 e. The molecule has 0 spiro atoms. The van der Waals surface area contributed by atoms with Gasteiger partial charge in [-0.25, -0.2) is 4.79 Å². The summed E-state index contributed by atoms with van der Waals surface area (Å²) in [4.78, 5) is 37.1. The Morgan fingerprint density at radius 2 is 1.67 bits per heavy atom. The molecule has 0 fully saturated rings.